The summed E-state index contributed by atoms with van der Waals surface area (Å²) in [5, 5.41) is 3.51. The number of likely N-dealkylation sites (tertiary alicyclic amines) is 1. The minimum Gasteiger partial charge on any atom is -0.382 e. The molecular formula is C14H22N6. The fourth-order valence-corrected chi connectivity index (χ4v) is 2.86. The number of nitrogen functional groups attached to an aromatic ring is 1. The first-order chi connectivity index (χ1) is 9.76. The molecule has 1 saturated heterocycles. The third-order valence-electron chi connectivity index (χ3n) is 3.86. The van der Waals surface area contributed by atoms with E-state index >= 15 is 0 Å². The molecule has 2 aromatic heterocycles. The lowest BCUT2D eigenvalue weighted by atomic mass is 10.0. The molecule has 3 heterocycles. The van der Waals surface area contributed by atoms with Gasteiger partial charge in [0.1, 0.15) is 5.82 Å². The van der Waals surface area contributed by atoms with Crippen LogP contribution in [-0.4, -0.2) is 44.9 Å². The van der Waals surface area contributed by atoms with Crippen LogP contribution in [0.1, 0.15) is 26.2 Å². The van der Waals surface area contributed by atoms with Gasteiger partial charge in [-0.05, 0) is 25.8 Å². The van der Waals surface area contributed by atoms with Crippen LogP contribution in [0.3, 0.4) is 0 Å². The number of hydrogen-bond acceptors (Lipinski definition) is 5. The monoisotopic (exact) mass is 274 g/mol. The zero-order chi connectivity index (χ0) is 13.9. The first-order valence-corrected chi connectivity index (χ1v) is 7.34. The van der Waals surface area contributed by atoms with Gasteiger partial charge in [-0.2, -0.15) is 0 Å². The van der Waals surface area contributed by atoms with E-state index in [4.69, 9.17) is 5.73 Å². The lowest BCUT2D eigenvalue weighted by Crippen LogP contribution is -2.39. The van der Waals surface area contributed by atoms with Crippen molar-refractivity contribution >= 4 is 17.3 Å². The van der Waals surface area contributed by atoms with Crippen LogP contribution in [0.2, 0.25) is 0 Å². The molecule has 0 spiro atoms. The number of fused-ring (bicyclic) bond motifs is 1. The van der Waals surface area contributed by atoms with Gasteiger partial charge < -0.3 is 20.4 Å². The number of nitrogens with zero attached hydrogens (tertiary/aromatic N) is 4. The topological polar surface area (TPSA) is 71.5 Å². The second-order valence-corrected chi connectivity index (χ2v) is 5.43. The predicted molar refractivity (Wildman–Crippen MR) is 80.8 cm³/mol. The van der Waals surface area contributed by atoms with E-state index < -0.39 is 0 Å². The summed E-state index contributed by atoms with van der Waals surface area (Å²) < 4.78 is 1.91. The van der Waals surface area contributed by atoms with Crippen LogP contribution in [0.25, 0.3) is 5.65 Å². The minimum atomic E-state index is 0.456. The largest absolute Gasteiger partial charge is 0.382 e. The number of nitrogens with one attached hydrogen (secondary N) is 1. The first-order valence-electron chi connectivity index (χ1n) is 7.34. The highest BCUT2D eigenvalue weighted by atomic mass is 15.2. The molecule has 0 saturated carbocycles. The standard InChI is InChI=1S/C14H22N6/c1-2-6-19-7-3-11(4-8-19)17-13-14-16-5-9-20(14)10-12(15)18-13/h5,9-11H,2-4,6-8,15H2,1H3,(H,17,18). The van der Waals surface area contributed by atoms with Crippen LogP contribution >= 0.6 is 0 Å². The first kappa shape index (κ1) is 13.2. The van der Waals surface area contributed by atoms with Crippen LogP contribution < -0.4 is 11.1 Å². The van der Waals surface area contributed by atoms with Gasteiger partial charge in [0.2, 0.25) is 0 Å². The molecule has 0 bridgehead atoms. The molecule has 0 radical (unpaired) electrons. The van der Waals surface area contributed by atoms with Crippen LogP contribution in [0.5, 0.6) is 0 Å². The van der Waals surface area contributed by atoms with Crippen molar-refractivity contribution in [3.05, 3.63) is 18.6 Å². The molecule has 1 fully saturated rings. The van der Waals surface area contributed by atoms with Gasteiger partial charge in [-0.3, -0.25) is 0 Å². The summed E-state index contributed by atoms with van der Waals surface area (Å²) in [6.45, 7) is 5.74. The number of piperidine rings is 1. The number of hydrogen-bond donors (Lipinski definition) is 2. The summed E-state index contributed by atoms with van der Waals surface area (Å²) >= 11 is 0. The molecule has 2 aromatic rings. The molecule has 108 valence electrons. The number of nitrogens with two attached hydrogens (primary N) is 1. The summed E-state index contributed by atoms with van der Waals surface area (Å²) in [7, 11) is 0. The maximum Gasteiger partial charge on any atom is 0.180 e. The van der Waals surface area contributed by atoms with Crippen molar-refractivity contribution in [1.82, 2.24) is 19.3 Å². The number of rotatable bonds is 4. The highest BCUT2D eigenvalue weighted by Gasteiger charge is 2.19. The van der Waals surface area contributed by atoms with Gasteiger partial charge in [0.15, 0.2) is 11.5 Å². The normalized spacial score (nSPS) is 17.6. The molecule has 0 aromatic carbocycles. The molecule has 6 heteroatoms. The van der Waals surface area contributed by atoms with E-state index in [-0.39, 0.29) is 0 Å². The maximum atomic E-state index is 5.84. The van der Waals surface area contributed by atoms with Gasteiger partial charge >= 0.3 is 0 Å². The molecule has 0 unspecified atom stereocenters. The SMILES string of the molecule is CCCN1CCC(Nc2nc(N)cn3ccnc23)CC1. The molecule has 0 atom stereocenters. The van der Waals surface area contributed by atoms with Crippen molar-refractivity contribution in [3.63, 3.8) is 0 Å². The second-order valence-electron chi connectivity index (χ2n) is 5.43. The summed E-state index contributed by atoms with van der Waals surface area (Å²) in [5.74, 6) is 1.31. The van der Waals surface area contributed by atoms with Gasteiger partial charge in [0.05, 0.1) is 6.20 Å². The number of imidazole rings is 1. The Morgan fingerprint density at radius 3 is 2.95 bits per heavy atom. The molecule has 3 rings (SSSR count). The molecule has 0 aliphatic carbocycles. The van der Waals surface area contributed by atoms with Crippen LogP contribution in [-0.2, 0) is 0 Å². The highest BCUT2D eigenvalue weighted by Crippen LogP contribution is 2.19. The second kappa shape index (κ2) is 5.66. The van der Waals surface area contributed by atoms with E-state index in [1.165, 1.54) is 13.0 Å². The molecule has 20 heavy (non-hydrogen) atoms. The Hall–Kier alpha value is -1.82. The van der Waals surface area contributed by atoms with Crippen LogP contribution in [0.4, 0.5) is 11.6 Å². The lowest BCUT2D eigenvalue weighted by Gasteiger charge is -2.32. The Kier molecular flexibility index (Phi) is 3.73. The van der Waals surface area contributed by atoms with Crippen molar-refractivity contribution in [2.24, 2.45) is 0 Å². The third kappa shape index (κ3) is 2.70. The van der Waals surface area contributed by atoms with Crippen LogP contribution in [0.15, 0.2) is 18.6 Å². The van der Waals surface area contributed by atoms with E-state index in [0.29, 0.717) is 11.9 Å². The molecule has 6 nitrogen and oxygen atoms in total. The fourth-order valence-electron chi connectivity index (χ4n) is 2.86. The molecule has 1 aliphatic heterocycles. The van der Waals surface area contributed by atoms with Gasteiger partial charge in [0.25, 0.3) is 0 Å². The van der Waals surface area contributed by atoms with Crippen molar-refractivity contribution in [2.75, 3.05) is 30.7 Å². The van der Waals surface area contributed by atoms with Crippen molar-refractivity contribution in [1.29, 1.82) is 0 Å². The maximum absolute atomic E-state index is 5.84. The van der Waals surface area contributed by atoms with E-state index in [1.807, 2.05) is 10.6 Å². The van der Waals surface area contributed by atoms with Crippen LogP contribution in [0, 0.1) is 0 Å². The van der Waals surface area contributed by atoms with Gasteiger partial charge in [-0.1, -0.05) is 6.92 Å². The summed E-state index contributed by atoms with van der Waals surface area (Å²) in [6, 6.07) is 0.456. The van der Waals surface area contributed by atoms with E-state index in [9.17, 15) is 0 Å². The van der Waals surface area contributed by atoms with E-state index in [0.717, 1.165) is 37.4 Å². The zero-order valence-corrected chi connectivity index (χ0v) is 11.9. The molecule has 3 N–H and O–H groups in total. The Morgan fingerprint density at radius 1 is 1.40 bits per heavy atom. The predicted octanol–water partition coefficient (Wildman–Crippen LogP) is 1.60. The smallest absolute Gasteiger partial charge is 0.180 e. The Morgan fingerprint density at radius 2 is 2.20 bits per heavy atom. The minimum absolute atomic E-state index is 0.456. The molecule has 0 amide bonds. The third-order valence-corrected chi connectivity index (χ3v) is 3.86. The Balaban J connectivity index is 1.69. The summed E-state index contributed by atoms with van der Waals surface area (Å²) in [5.41, 5.74) is 6.69. The number of anilines is 2. The van der Waals surface area contributed by atoms with E-state index in [1.54, 1.807) is 12.4 Å². The molecule has 1 aliphatic rings. The van der Waals surface area contributed by atoms with E-state index in [2.05, 4.69) is 27.1 Å². The van der Waals surface area contributed by atoms with Crippen molar-refractivity contribution in [3.8, 4) is 0 Å². The van der Waals surface area contributed by atoms with Crippen molar-refractivity contribution < 1.29 is 0 Å². The quantitative estimate of drug-likeness (QED) is 0.886. The lowest BCUT2D eigenvalue weighted by molar-refractivity contribution is 0.219. The zero-order valence-electron chi connectivity index (χ0n) is 11.9. The average molecular weight is 274 g/mol. The van der Waals surface area contributed by atoms with Gasteiger partial charge in [0, 0.05) is 31.5 Å². The Bertz CT molecular complexity index is 570. The summed E-state index contributed by atoms with van der Waals surface area (Å²) in [4.78, 5) is 11.3. The average Bonchev–Trinajstić information content (AvgIpc) is 2.89. The fraction of sp³-hybridized carbons (Fsp3) is 0.571. The Labute approximate surface area is 119 Å². The molecular weight excluding hydrogens is 252 g/mol. The number of aromatic nitrogens is 3. The summed E-state index contributed by atoms with van der Waals surface area (Å²) in [6.07, 6.45) is 8.96. The van der Waals surface area contributed by atoms with Crippen molar-refractivity contribution in [2.45, 2.75) is 32.2 Å². The highest BCUT2D eigenvalue weighted by molar-refractivity contribution is 5.65. The van der Waals surface area contributed by atoms with Gasteiger partial charge in [-0.15, -0.1) is 0 Å². The van der Waals surface area contributed by atoms with Gasteiger partial charge in [-0.25, -0.2) is 9.97 Å².